The van der Waals surface area contributed by atoms with Gasteiger partial charge in [-0.3, -0.25) is 4.79 Å². The molecule has 1 atom stereocenters. The highest BCUT2D eigenvalue weighted by molar-refractivity contribution is 6.33. The lowest BCUT2D eigenvalue weighted by Crippen LogP contribution is -2.17. The van der Waals surface area contributed by atoms with Crippen LogP contribution in [0.2, 0.25) is 0 Å². The molecule has 0 fully saturated rings. The van der Waals surface area contributed by atoms with Gasteiger partial charge in [-0.1, -0.05) is 44.2 Å². The second-order valence-corrected chi connectivity index (χ2v) is 4.44. The summed E-state index contributed by atoms with van der Waals surface area (Å²) >= 11 is 0. The molecule has 1 aromatic rings. The second kappa shape index (κ2) is 9.26. The Morgan fingerprint density at radius 3 is 2.40 bits per heavy atom. The van der Waals surface area contributed by atoms with Crippen LogP contribution in [-0.4, -0.2) is 25.0 Å². The standard InChI is InChI=1S/C16H22O4/c1-3-14(17)16(18)20-12-8-11-19-15(4-2)13-9-6-5-7-10-13/h5-7,9-10,15H,3-4,8,11-12H2,1-2H3. The van der Waals surface area contributed by atoms with E-state index in [1.54, 1.807) is 6.92 Å². The van der Waals surface area contributed by atoms with E-state index in [9.17, 15) is 9.59 Å². The minimum Gasteiger partial charge on any atom is -0.460 e. The molecule has 0 aliphatic carbocycles. The van der Waals surface area contributed by atoms with Crippen molar-refractivity contribution in [2.24, 2.45) is 0 Å². The van der Waals surface area contributed by atoms with Crippen molar-refractivity contribution in [1.29, 1.82) is 0 Å². The van der Waals surface area contributed by atoms with Gasteiger partial charge in [0.2, 0.25) is 5.78 Å². The number of ketones is 1. The fourth-order valence-corrected chi connectivity index (χ4v) is 1.79. The van der Waals surface area contributed by atoms with Crippen molar-refractivity contribution in [3.63, 3.8) is 0 Å². The monoisotopic (exact) mass is 278 g/mol. The van der Waals surface area contributed by atoms with Crippen LogP contribution in [0, 0.1) is 0 Å². The first kappa shape index (κ1) is 16.4. The molecule has 0 saturated carbocycles. The number of Topliss-reactive ketones (excluding diaryl/α,β-unsaturated/α-hetero) is 1. The smallest absolute Gasteiger partial charge is 0.374 e. The topological polar surface area (TPSA) is 52.6 Å². The predicted molar refractivity (Wildman–Crippen MR) is 76.3 cm³/mol. The zero-order valence-corrected chi connectivity index (χ0v) is 12.1. The van der Waals surface area contributed by atoms with Crippen LogP contribution >= 0.6 is 0 Å². The molecule has 0 radical (unpaired) electrons. The van der Waals surface area contributed by atoms with E-state index in [4.69, 9.17) is 9.47 Å². The van der Waals surface area contributed by atoms with E-state index < -0.39 is 11.8 Å². The SMILES string of the molecule is CCC(=O)C(=O)OCCCOC(CC)c1ccccc1. The van der Waals surface area contributed by atoms with Crippen LogP contribution in [-0.2, 0) is 19.1 Å². The number of rotatable bonds is 9. The van der Waals surface area contributed by atoms with E-state index >= 15 is 0 Å². The quantitative estimate of drug-likeness (QED) is 0.396. The van der Waals surface area contributed by atoms with Gasteiger partial charge in [0.05, 0.1) is 19.3 Å². The van der Waals surface area contributed by atoms with Crippen LogP contribution in [0.1, 0.15) is 44.8 Å². The van der Waals surface area contributed by atoms with Crippen molar-refractivity contribution in [2.75, 3.05) is 13.2 Å². The molecule has 0 heterocycles. The average Bonchev–Trinajstić information content (AvgIpc) is 2.50. The van der Waals surface area contributed by atoms with E-state index in [0.717, 1.165) is 12.0 Å². The first-order valence-electron chi connectivity index (χ1n) is 7.05. The second-order valence-electron chi connectivity index (χ2n) is 4.44. The Kier molecular flexibility index (Phi) is 7.58. The lowest BCUT2D eigenvalue weighted by atomic mass is 10.1. The summed E-state index contributed by atoms with van der Waals surface area (Å²) in [5.74, 6) is -1.23. The van der Waals surface area contributed by atoms with Crippen LogP contribution in [0.5, 0.6) is 0 Å². The molecular formula is C16H22O4. The minimum absolute atomic E-state index is 0.0594. The zero-order valence-electron chi connectivity index (χ0n) is 12.1. The summed E-state index contributed by atoms with van der Waals surface area (Å²) in [5.41, 5.74) is 1.15. The average molecular weight is 278 g/mol. The molecule has 0 saturated heterocycles. The fourth-order valence-electron chi connectivity index (χ4n) is 1.79. The van der Waals surface area contributed by atoms with E-state index in [0.29, 0.717) is 13.0 Å². The molecule has 1 unspecified atom stereocenters. The number of carbonyl (C=O) groups excluding carboxylic acids is 2. The predicted octanol–water partition coefficient (Wildman–Crippen LogP) is 3.07. The fraction of sp³-hybridized carbons (Fsp3) is 0.500. The van der Waals surface area contributed by atoms with Gasteiger partial charge in [0.15, 0.2) is 0 Å². The van der Waals surface area contributed by atoms with Gasteiger partial charge in [-0.2, -0.15) is 0 Å². The molecule has 110 valence electrons. The molecule has 4 heteroatoms. The molecule has 0 aliphatic rings. The molecule has 4 nitrogen and oxygen atoms in total. The molecule has 0 spiro atoms. The summed E-state index contributed by atoms with van der Waals surface area (Å²) in [4.78, 5) is 22.1. The molecule has 0 N–H and O–H groups in total. The van der Waals surface area contributed by atoms with Crippen molar-refractivity contribution in [3.05, 3.63) is 35.9 Å². The van der Waals surface area contributed by atoms with Gasteiger partial charge in [-0.05, 0) is 12.0 Å². The third kappa shape index (κ3) is 5.53. The Balaban J connectivity index is 2.23. The first-order valence-corrected chi connectivity index (χ1v) is 7.05. The first-order chi connectivity index (χ1) is 9.69. The Morgan fingerprint density at radius 2 is 1.80 bits per heavy atom. The number of hydrogen-bond acceptors (Lipinski definition) is 4. The van der Waals surface area contributed by atoms with Crippen LogP contribution in [0.15, 0.2) is 30.3 Å². The number of hydrogen-bond donors (Lipinski definition) is 0. The Bertz CT molecular complexity index is 414. The molecule has 0 aliphatic heterocycles. The van der Waals surface area contributed by atoms with Gasteiger partial charge in [-0.15, -0.1) is 0 Å². The summed E-state index contributed by atoms with van der Waals surface area (Å²) in [6, 6.07) is 10.0. The van der Waals surface area contributed by atoms with Crippen molar-refractivity contribution < 1.29 is 19.1 Å². The van der Waals surface area contributed by atoms with E-state index in [-0.39, 0.29) is 19.1 Å². The van der Waals surface area contributed by atoms with E-state index in [1.165, 1.54) is 0 Å². The molecule has 0 aromatic heterocycles. The van der Waals surface area contributed by atoms with Gasteiger partial charge in [0, 0.05) is 12.8 Å². The number of carbonyl (C=O) groups is 2. The van der Waals surface area contributed by atoms with Crippen LogP contribution in [0.3, 0.4) is 0 Å². The third-order valence-electron chi connectivity index (χ3n) is 2.93. The summed E-state index contributed by atoms with van der Waals surface area (Å²) in [6.45, 7) is 4.42. The number of benzene rings is 1. The molecular weight excluding hydrogens is 256 g/mol. The van der Waals surface area contributed by atoms with Crippen LogP contribution in [0.25, 0.3) is 0 Å². The van der Waals surface area contributed by atoms with Crippen LogP contribution < -0.4 is 0 Å². The molecule has 1 aromatic carbocycles. The minimum atomic E-state index is -0.748. The van der Waals surface area contributed by atoms with Gasteiger partial charge in [-0.25, -0.2) is 4.79 Å². The highest BCUT2D eigenvalue weighted by atomic mass is 16.5. The lowest BCUT2D eigenvalue weighted by Gasteiger charge is -2.16. The molecule has 1 rings (SSSR count). The third-order valence-corrected chi connectivity index (χ3v) is 2.93. The summed E-state index contributed by atoms with van der Waals surface area (Å²) in [7, 11) is 0. The van der Waals surface area contributed by atoms with Gasteiger partial charge in [0.25, 0.3) is 0 Å². The van der Waals surface area contributed by atoms with Gasteiger partial charge < -0.3 is 9.47 Å². The van der Waals surface area contributed by atoms with Crippen molar-refractivity contribution >= 4 is 11.8 Å². The zero-order chi connectivity index (χ0) is 14.8. The Labute approximate surface area is 120 Å². The van der Waals surface area contributed by atoms with Gasteiger partial charge in [0.1, 0.15) is 0 Å². The normalized spacial score (nSPS) is 11.9. The summed E-state index contributed by atoms with van der Waals surface area (Å²) in [5, 5.41) is 0. The van der Waals surface area contributed by atoms with E-state index in [1.807, 2.05) is 30.3 Å². The molecule has 20 heavy (non-hydrogen) atoms. The van der Waals surface area contributed by atoms with Crippen molar-refractivity contribution in [2.45, 2.75) is 39.2 Å². The van der Waals surface area contributed by atoms with Crippen LogP contribution in [0.4, 0.5) is 0 Å². The molecule has 0 amide bonds. The lowest BCUT2D eigenvalue weighted by molar-refractivity contribution is -0.154. The highest BCUT2D eigenvalue weighted by Crippen LogP contribution is 2.20. The maximum absolute atomic E-state index is 11.1. The summed E-state index contributed by atoms with van der Waals surface area (Å²) < 4.78 is 10.6. The van der Waals surface area contributed by atoms with Gasteiger partial charge >= 0.3 is 5.97 Å². The number of esters is 1. The number of ether oxygens (including phenoxy) is 2. The highest BCUT2D eigenvalue weighted by Gasteiger charge is 2.12. The summed E-state index contributed by atoms with van der Waals surface area (Å²) in [6.07, 6.45) is 1.72. The van der Waals surface area contributed by atoms with E-state index in [2.05, 4.69) is 6.92 Å². The van der Waals surface area contributed by atoms with Crippen molar-refractivity contribution in [1.82, 2.24) is 0 Å². The molecule has 0 bridgehead atoms. The Morgan fingerprint density at radius 1 is 1.10 bits per heavy atom. The van der Waals surface area contributed by atoms with Crippen molar-refractivity contribution in [3.8, 4) is 0 Å². The Hall–Kier alpha value is -1.68. The largest absolute Gasteiger partial charge is 0.460 e. The maximum atomic E-state index is 11.1. The maximum Gasteiger partial charge on any atom is 0.374 e.